The standard InChI is InChI=1S/C19H22N6O4/c26-19(15-1-3-16(4-2-15)25(27)28)24-7-5-22(6-8-24)17-13-18(21-20-14-17)23-9-11-29-12-10-23/h1-4,13-14H,5-12H2. The Hall–Kier alpha value is -3.27. The van der Waals surface area contributed by atoms with Crippen LogP contribution in [-0.2, 0) is 4.74 Å². The highest BCUT2D eigenvalue weighted by Crippen LogP contribution is 2.22. The highest BCUT2D eigenvalue weighted by molar-refractivity contribution is 5.94. The molecule has 2 fully saturated rings. The first-order valence-electron chi connectivity index (χ1n) is 9.56. The Bertz CT molecular complexity index is 877. The van der Waals surface area contributed by atoms with Gasteiger partial charge < -0.3 is 19.4 Å². The van der Waals surface area contributed by atoms with Gasteiger partial charge in [0.1, 0.15) is 0 Å². The minimum absolute atomic E-state index is 0.0207. The van der Waals surface area contributed by atoms with Gasteiger partial charge in [0.05, 0.1) is 30.0 Å². The third kappa shape index (κ3) is 4.27. The van der Waals surface area contributed by atoms with E-state index in [-0.39, 0.29) is 11.6 Å². The number of rotatable bonds is 4. The second-order valence-corrected chi connectivity index (χ2v) is 6.95. The molecule has 0 radical (unpaired) electrons. The number of nitro benzene ring substituents is 1. The molecule has 2 saturated heterocycles. The van der Waals surface area contributed by atoms with E-state index in [1.807, 2.05) is 6.07 Å². The number of hydrogen-bond donors (Lipinski definition) is 0. The molecule has 10 heteroatoms. The van der Waals surface area contributed by atoms with Crippen molar-refractivity contribution in [3.05, 3.63) is 52.2 Å². The Kier molecular flexibility index (Phi) is 5.52. The maximum atomic E-state index is 12.7. The molecular weight excluding hydrogens is 376 g/mol. The Labute approximate surface area is 167 Å². The lowest BCUT2D eigenvalue weighted by atomic mass is 10.1. The number of anilines is 2. The molecule has 0 atom stereocenters. The van der Waals surface area contributed by atoms with Gasteiger partial charge in [0.2, 0.25) is 0 Å². The van der Waals surface area contributed by atoms with E-state index < -0.39 is 4.92 Å². The van der Waals surface area contributed by atoms with Crippen LogP contribution in [0.1, 0.15) is 10.4 Å². The predicted octanol–water partition coefficient (Wildman–Crippen LogP) is 1.18. The molecule has 29 heavy (non-hydrogen) atoms. The first-order chi connectivity index (χ1) is 14.1. The van der Waals surface area contributed by atoms with E-state index in [4.69, 9.17) is 4.74 Å². The number of non-ortho nitro benzene ring substituents is 1. The molecule has 1 amide bonds. The number of morpholine rings is 1. The van der Waals surface area contributed by atoms with Crippen molar-refractivity contribution < 1.29 is 14.5 Å². The summed E-state index contributed by atoms with van der Waals surface area (Å²) in [5.74, 6) is 0.733. The zero-order valence-electron chi connectivity index (χ0n) is 15.9. The van der Waals surface area contributed by atoms with E-state index >= 15 is 0 Å². The summed E-state index contributed by atoms with van der Waals surface area (Å²) in [5, 5.41) is 19.2. The molecule has 3 heterocycles. The largest absolute Gasteiger partial charge is 0.378 e. The van der Waals surface area contributed by atoms with Crippen molar-refractivity contribution in [2.24, 2.45) is 0 Å². The van der Waals surface area contributed by atoms with Gasteiger partial charge in [0.15, 0.2) is 5.82 Å². The number of hydrogen-bond acceptors (Lipinski definition) is 8. The Morgan fingerprint density at radius 1 is 1.00 bits per heavy atom. The van der Waals surface area contributed by atoms with Crippen LogP contribution in [-0.4, -0.2) is 78.4 Å². The molecule has 1 aromatic carbocycles. The molecule has 1 aromatic heterocycles. The van der Waals surface area contributed by atoms with E-state index in [1.54, 1.807) is 11.1 Å². The molecule has 4 rings (SSSR count). The summed E-state index contributed by atoms with van der Waals surface area (Å²) in [6, 6.07) is 7.77. The van der Waals surface area contributed by atoms with Crippen LogP contribution in [0.4, 0.5) is 17.2 Å². The maximum absolute atomic E-state index is 12.7. The van der Waals surface area contributed by atoms with Gasteiger partial charge in [0, 0.05) is 63.0 Å². The van der Waals surface area contributed by atoms with Crippen molar-refractivity contribution in [3.8, 4) is 0 Å². The molecule has 0 bridgehead atoms. The van der Waals surface area contributed by atoms with Gasteiger partial charge in [-0.1, -0.05) is 0 Å². The number of carbonyl (C=O) groups is 1. The van der Waals surface area contributed by atoms with E-state index in [2.05, 4.69) is 20.0 Å². The summed E-state index contributed by atoms with van der Waals surface area (Å²) < 4.78 is 5.39. The number of carbonyl (C=O) groups excluding carboxylic acids is 1. The zero-order valence-corrected chi connectivity index (χ0v) is 15.9. The summed E-state index contributed by atoms with van der Waals surface area (Å²) in [6.07, 6.45) is 1.75. The summed E-state index contributed by atoms with van der Waals surface area (Å²) in [4.78, 5) is 29.1. The molecule has 2 aromatic rings. The molecule has 0 N–H and O–H groups in total. The maximum Gasteiger partial charge on any atom is 0.269 e. The van der Waals surface area contributed by atoms with Crippen LogP contribution in [0.15, 0.2) is 36.5 Å². The lowest BCUT2D eigenvalue weighted by molar-refractivity contribution is -0.384. The second-order valence-electron chi connectivity index (χ2n) is 6.95. The van der Waals surface area contributed by atoms with E-state index in [0.29, 0.717) is 45.0 Å². The number of nitrogens with zero attached hydrogens (tertiary/aromatic N) is 6. The smallest absolute Gasteiger partial charge is 0.269 e. The normalized spacial score (nSPS) is 17.3. The van der Waals surface area contributed by atoms with Gasteiger partial charge in [-0.3, -0.25) is 14.9 Å². The van der Waals surface area contributed by atoms with Crippen LogP contribution >= 0.6 is 0 Å². The summed E-state index contributed by atoms with van der Waals surface area (Å²) in [7, 11) is 0. The average Bonchev–Trinajstić information content (AvgIpc) is 2.79. The van der Waals surface area contributed by atoms with Crippen molar-refractivity contribution in [1.82, 2.24) is 15.1 Å². The second kappa shape index (κ2) is 8.39. The number of piperazine rings is 1. The lowest BCUT2D eigenvalue weighted by Gasteiger charge is -2.36. The molecule has 10 nitrogen and oxygen atoms in total. The van der Waals surface area contributed by atoms with Crippen LogP contribution in [0.3, 0.4) is 0 Å². The number of aromatic nitrogens is 2. The molecule has 0 saturated carbocycles. The molecule has 0 unspecified atom stereocenters. The Morgan fingerprint density at radius 3 is 2.34 bits per heavy atom. The Balaban J connectivity index is 1.37. The van der Waals surface area contributed by atoms with Crippen molar-refractivity contribution in [2.45, 2.75) is 0 Å². The monoisotopic (exact) mass is 398 g/mol. The first-order valence-corrected chi connectivity index (χ1v) is 9.56. The van der Waals surface area contributed by atoms with Gasteiger partial charge >= 0.3 is 0 Å². The fourth-order valence-electron chi connectivity index (χ4n) is 3.54. The van der Waals surface area contributed by atoms with Crippen molar-refractivity contribution in [1.29, 1.82) is 0 Å². The molecular formula is C19H22N6O4. The topological polar surface area (TPSA) is 105 Å². The average molecular weight is 398 g/mol. The SMILES string of the molecule is O=C(c1ccc([N+](=O)[O-])cc1)N1CCN(c2cnnc(N3CCOCC3)c2)CC1. The van der Waals surface area contributed by atoms with Gasteiger partial charge in [-0.25, -0.2) is 0 Å². The Morgan fingerprint density at radius 2 is 1.69 bits per heavy atom. The van der Waals surface area contributed by atoms with E-state index in [0.717, 1.165) is 24.6 Å². The molecule has 0 aliphatic carbocycles. The minimum atomic E-state index is -0.471. The third-order valence-electron chi connectivity index (χ3n) is 5.22. The highest BCUT2D eigenvalue weighted by atomic mass is 16.6. The van der Waals surface area contributed by atoms with E-state index in [1.165, 1.54) is 24.3 Å². The summed E-state index contributed by atoms with van der Waals surface area (Å²) in [5.41, 5.74) is 1.43. The zero-order chi connectivity index (χ0) is 20.2. The van der Waals surface area contributed by atoms with Gasteiger partial charge in [-0.05, 0) is 12.1 Å². The summed E-state index contributed by atoms with van der Waals surface area (Å²) >= 11 is 0. The van der Waals surface area contributed by atoms with Crippen LogP contribution in [0.5, 0.6) is 0 Å². The fraction of sp³-hybridized carbons (Fsp3) is 0.421. The molecule has 2 aliphatic rings. The van der Waals surface area contributed by atoms with Crippen molar-refractivity contribution in [2.75, 3.05) is 62.3 Å². The molecule has 2 aliphatic heterocycles. The lowest BCUT2D eigenvalue weighted by Crippen LogP contribution is -2.49. The fourth-order valence-corrected chi connectivity index (χ4v) is 3.54. The number of nitro groups is 1. The molecule has 152 valence electrons. The van der Waals surface area contributed by atoms with Gasteiger partial charge in [-0.15, -0.1) is 5.10 Å². The van der Waals surface area contributed by atoms with Crippen LogP contribution in [0.2, 0.25) is 0 Å². The van der Waals surface area contributed by atoms with Gasteiger partial charge in [0.25, 0.3) is 11.6 Å². The van der Waals surface area contributed by atoms with Crippen LogP contribution < -0.4 is 9.80 Å². The van der Waals surface area contributed by atoms with Gasteiger partial charge in [-0.2, -0.15) is 5.10 Å². The third-order valence-corrected chi connectivity index (χ3v) is 5.22. The predicted molar refractivity (Wildman–Crippen MR) is 106 cm³/mol. The van der Waals surface area contributed by atoms with Crippen molar-refractivity contribution in [3.63, 3.8) is 0 Å². The number of amides is 1. The van der Waals surface area contributed by atoms with Crippen LogP contribution in [0, 0.1) is 10.1 Å². The van der Waals surface area contributed by atoms with Crippen LogP contribution in [0.25, 0.3) is 0 Å². The van der Waals surface area contributed by atoms with Crippen molar-refractivity contribution >= 4 is 23.1 Å². The minimum Gasteiger partial charge on any atom is -0.378 e. The molecule has 0 spiro atoms. The highest BCUT2D eigenvalue weighted by Gasteiger charge is 2.24. The quantitative estimate of drug-likeness (QED) is 0.559. The number of benzene rings is 1. The number of ether oxygens (including phenoxy) is 1. The summed E-state index contributed by atoms with van der Waals surface area (Å²) in [6.45, 7) is 5.51. The first kappa shape index (κ1) is 19.1. The van der Waals surface area contributed by atoms with E-state index in [9.17, 15) is 14.9 Å².